The van der Waals surface area contributed by atoms with E-state index in [9.17, 15) is 24.8 Å². The molecule has 0 aliphatic heterocycles. The van der Waals surface area contributed by atoms with E-state index < -0.39 is 28.9 Å². The van der Waals surface area contributed by atoms with Gasteiger partial charge in [-0.05, 0) is 48.2 Å². The molecule has 0 aliphatic rings. The Balaban J connectivity index is 2.11. The number of phenols is 1. The second-order valence-electron chi connectivity index (χ2n) is 8.55. The van der Waals surface area contributed by atoms with Crippen molar-refractivity contribution in [1.82, 2.24) is 10.2 Å². The summed E-state index contributed by atoms with van der Waals surface area (Å²) < 4.78 is 0. The molecule has 0 unspecified atom stereocenters. The first kappa shape index (κ1) is 27.8. The van der Waals surface area contributed by atoms with Gasteiger partial charge in [0.1, 0.15) is 16.9 Å². The zero-order valence-electron chi connectivity index (χ0n) is 20.6. The van der Waals surface area contributed by atoms with Crippen LogP contribution in [0, 0.1) is 10.1 Å². The lowest BCUT2D eigenvalue weighted by Crippen LogP contribution is -2.53. The maximum Gasteiger partial charge on any atom is 0.272 e. The molecular formula is C27H30N6O5. The largest absolute Gasteiger partial charge is 0.508 e. The van der Waals surface area contributed by atoms with Crippen LogP contribution in [0.3, 0.4) is 0 Å². The zero-order valence-corrected chi connectivity index (χ0v) is 20.6. The Morgan fingerprint density at radius 3 is 2.13 bits per heavy atom. The fraction of sp³-hybridized carbons (Fsp3) is 0.222. The van der Waals surface area contributed by atoms with E-state index in [-0.39, 0.29) is 31.2 Å². The molecule has 0 saturated heterocycles. The molecule has 0 fully saturated rings. The number of nitrogens with one attached hydrogen (secondary N) is 1. The van der Waals surface area contributed by atoms with Crippen LogP contribution in [-0.4, -0.2) is 45.4 Å². The number of hydrogen-bond acceptors (Lipinski definition) is 6. The first-order valence-corrected chi connectivity index (χ1v) is 12.0. The third-order valence-corrected chi connectivity index (χ3v) is 5.86. The molecule has 0 bridgehead atoms. The number of rotatable bonds is 11. The predicted octanol–water partition coefficient (Wildman–Crippen LogP) is 2.28. The van der Waals surface area contributed by atoms with Gasteiger partial charge in [0, 0.05) is 6.54 Å². The second kappa shape index (κ2) is 13.5. The summed E-state index contributed by atoms with van der Waals surface area (Å²) >= 11 is 0. The van der Waals surface area contributed by atoms with Gasteiger partial charge in [-0.2, -0.15) is 0 Å². The SMILES string of the molecule is NCCC[C@@H](C(=O)NC(N)=N[N+](=O)[O-])N(Cc1cccc(O)c1)C(=O)C(c1ccccc1)c1ccccc1. The first-order chi connectivity index (χ1) is 18.3. The number of hydrogen-bond donors (Lipinski definition) is 4. The van der Waals surface area contributed by atoms with E-state index in [1.54, 1.807) is 12.1 Å². The summed E-state index contributed by atoms with van der Waals surface area (Å²) in [6.45, 7) is 0.218. The van der Waals surface area contributed by atoms with Crippen molar-refractivity contribution < 1.29 is 19.7 Å². The maximum atomic E-state index is 14.4. The molecule has 6 N–H and O–H groups in total. The van der Waals surface area contributed by atoms with E-state index in [0.29, 0.717) is 12.0 Å². The molecule has 38 heavy (non-hydrogen) atoms. The van der Waals surface area contributed by atoms with Crippen molar-refractivity contribution in [3.63, 3.8) is 0 Å². The lowest BCUT2D eigenvalue weighted by molar-refractivity contribution is -0.485. The Morgan fingerprint density at radius 1 is 1.00 bits per heavy atom. The van der Waals surface area contributed by atoms with Gasteiger partial charge in [0.2, 0.25) is 11.8 Å². The first-order valence-electron chi connectivity index (χ1n) is 12.0. The number of nitro groups is 1. The van der Waals surface area contributed by atoms with Crippen LogP contribution in [0.5, 0.6) is 5.75 Å². The number of nitrogens with zero attached hydrogens (tertiary/aromatic N) is 3. The molecule has 2 amide bonds. The van der Waals surface area contributed by atoms with Crippen molar-refractivity contribution in [3.05, 3.63) is 112 Å². The van der Waals surface area contributed by atoms with Crippen LogP contribution in [0.2, 0.25) is 0 Å². The van der Waals surface area contributed by atoms with Gasteiger partial charge in [0.25, 0.3) is 5.96 Å². The Morgan fingerprint density at radius 2 is 1.61 bits per heavy atom. The summed E-state index contributed by atoms with van der Waals surface area (Å²) in [5, 5.41) is 24.9. The van der Waals surface area contributed by atoms with Crippen molar-refractivity contribution in [1.29, 1.82) is 0 Å². The molecule has 198 valence electrons. The highest BCUT2D eigenvalue weighted by atomic mass is 16.7. The standard InChI is InChI=1S/C27H30N6O5/c28-16-8-15-23(25(35)30-27(29)31-33(37)38)32(18-19-9-7-14-22(34)17-19)26(36)24(20-10-3-1-4-11-20)21-12-5-2-6-13-21/h1-7,9-14,17,23-24,34H,8,15-16,18,28H2,(H3,29,30,31,35)/t23-/m0/s1. The minimum Gasteiger partial charge on any atom is -0.508 e. The van der Waals surface area contributed by atoms with Gasteiger partial charge < -0.3 is 21.5 Å². The van der Waals surface area contributed by atoms with Crippen LogP contribution < -0.4 is 16.8 Å². The Bertz CT molecular complexity index is 1230. The third-order valence-electron chi connectivity index (χ3n) is 5.86. The lowest BCUT2D eigenvalue weighted by Gasteiger charge is -2.34. The van der Waals surface area contributed by atoms with Crippen molar-refractivity contribution in [3.8, 4) is 5.75 Å². The monoisotopic (exact) mass is 518 g/mol. The molecule has 0 radical (unpaired) electrons. The van der Waals surface area contributed by atoms with Gasteiger partial charge in [0.15, 0.2) is 5.03 Å². The summed E-state index contributed by atoms with van der Waals surface area (Å²) in [4.78, 5) is 39.9. The van der Waals surface area contributed by atoms with Crippen LogP contribution in [0.25, 0.3) is 0 Å². The molecule has 0 saturated carbocycles. The summed E-state index contributed by atoms with van der Waals surface area (Å²) in [5.74, 6) is -2.58. The van der Waals surface area contributed by atoms with E-state index in [1.165, 1.54) is 17.0 Å². The second-order valence-corrected chi connectivity index (χ2v) is 8.55. The molecule has 0 heterocycles. The zero-order chi connectivity index (χ0) is 27.5. The maximum absolute atomic E-state index is 14.4. The quantitative estimate of drug-likeness (QED) is 0.130. The van der Waals surface area contributed by atoms with Crippen molar-refractivity contribution >= 4 is 17.8 Å². The number of amides is 2. The van der Waals surface area contributed by atoms with Crippen molar-refractivity contribution in [2.75, 3.05) is 6.54 Å². The molecule has 0 aromatic heterocycles. The Kier molecular flexibility index (Phi) is 9.89. The number of nitrogens with two attached hydrogens (primary N) is 2. The highest BCUT2D eigenvalue weighted by Gasteiger charge is 2.35. The van der Waals surface area contributed by atoms with Crippen LogP contribution in [-0.2, 0) is 16.1 Å². The van der Waals surface area contributed by atoms with Crippen molar-refractivity contribution in [2.45, 2.75) is 31.3 Å². The molecule has 11 nitrogen and oxygen atoms in total. The predicted molar refractivity (Wildman–Crippen MR) is 142 cm³/mol. The smallest absolute Gasteiger partial charge is 0.272 e. The van der Waals surface area contributed by atoms with E-state index >= 15 is 0 Å². The van der Waals surface area contributed by atoms with Gasteiger partial charge in [-0.1, -0.05) is 72.8 Å². The molecule has 3 rings (SSSR count). The third kappa shape index (κ3) is 7.61. The molecular weight excluding hydrogens is 488 g/mol. The number of benzene rings is 3. The van der Waals surface area contributed by atoms with Gasteiger partial charge in [0.05, 0.1) is 5.92 Å². The van der Waals surface area contributed by atoms with E-state index in [0.717, 1.165) is 11.1 Å². The van der Waals surface area contributed by atoms with Gasteiger partial charge in [-0.25, -0.2) is 10.1 Å². The molecule has 0 spiro atoms. The number of hydrazone groups is 1. The number of phenolic OH excluding ortho intramolecular Hbond substituents is 1. The minimum atomic E-state index is -1.09. The fourth-order valence-electron chi connectivity index (χ4n) is 4.19. The van der Waals surface area contributed by atoms with Gasteiger partial charge >= 0.3 is 0 Å². The molecule has 3 aromatic carbocycles. The number of aromatic hydroxyl groups is 1. The average Bonchev–Trinajstić information content (AvgIpc) is 2.89. The van der Waals surface area contributed by atoms with Crippen LogP contribution in [0.4, 0.5) is 0 Å². The number of guanidine groups is 1. The Hall–Kier alpha value is -4.77. The lowest BCUT2D eigenvalue weighted by atomic mass is 9.89. The average molecular weight is 519 g/mol. The highest BCUT2D eigenvalue weighted by Crippen LogP contribution is 2.29. The summed E-state index contributed by atoms with van der Waals surface area (Å²) in [6, 6.07) is 23.6. The van der Waals surface area contributed by atoms with Gasteiger partial charge in [-0.15, -0.1) is 0 Å². The summed E-state index contributed by atoms with van der Waals surface area (Å²) in [5.41, 5.74) is 13.3. The van der Waals surface area contributed by atoms with E-state index in [1.807, 2.05) is 60.7 Å². The molecule has 1 atom stereocenters. The molecule has 3 aromatic rings. The van der Waals surface area contributed by atoms with Crippen molar-refractivity contribution in [2.24, 2.45) is 16.6 Å². The summed E-state index contributed by atoms with van der Waals surface area (Å²) in [7, 11) is 0. The van der Waals surface area contributed by atoms with E-state index in [4.69, 9.17) is 11.5 Å². The molecule has 11 heteroatoms. The number of carbonyl (C=O) groups is 2. The minimum absolute atomic E-state index is 0.00267. The normalized spacial score (nSPS) is 12.1. The highest BCUT2D eigenvalue weighted by molar-refractivity contribution is 6.00. The van der Waals surface area contributed by atoms with E-state index in [2.05, 4.69) is 10.4 Å². The Labute approximate surface area is 219 Å². The summed E-state index contributed by atoms with van der Waals surface area (Å²) in [6.07, 6.45) is 0.546. The molecule has 0 aliphatic carbocycles. The fourth-order valence-corrected chi connectivity index (χ4v) is 4.19. The topological polar surface area (TPSA) is 177 Å². The van der Waals surface area contributed by atoms with Gasteiger partial charge in [-0.3, -0.25) is 14.9 Å². The number of carbonyl (C=O) groups excluding carboxylic acids is 2. The van der Waals surface area contributed by atoms with Crippen LogP contribution in [0.15, 0.2) is 90.0 Å². The van der Waals surface area contributed by atoms with Crippen LogP contribution in [0.1, 0.15) is 35.4 Å². The van der Waals surface area contributed by atoms with Crippen LogP contribution >= 0.6 is 0 Å².